The Morgan fingerprint density at radius 3 is 2.92 bits per heavy atom. The van der Waals surface area contributed by atoms with Crippen molar-refractivity contribution >= 4 is 52.6 Å². The molecule has 0 radical (unpaired) electrons. The highest BCUT2D eigenvalue weighted by atomic mass is 32.2. The van der Waals surface area contributed by atoms with Crippen molar-refractivity contribution in [1.29, 1.82) is 0 Å². The molecule has 2 N–H and O–H groups in total. The van der Waals surface area contributed by atoms with Gasteiger partial charge in [0.15, 0.2) is 0 Å². The molecule has 1 aromatic heterocycles. The second kappa shape index (κ2) is 7.84. The summed E-state index contributed by atoms with van der Waals surface area (Å²) in [6.45, 7) is 2.01. The Labute approximate surface area is 158 Å². The van der Waals surface area contributed by atoms with Gasteiger partial charge in [0.2, 0.25) is 5.91 Å². The number of carbonyl (C=O) groups excluding carboxylic acids is 2. The summed E-state index contributed by atoms with van der Waals surface area (Å²) >= 11 is 4.64. The topological polar surface area (TPSA) is 86.7 Å². The Balaban J connectivity index is 1.68. The molecule has 0 spiro atoms. The van der Waals surface area contributed by atoms with Gasteiger partial charge in [-0.3, -0.25) is 14.5 Å². The van der Waals surface area contributed by atoms with Crippen LogP contribution >= 0.6 is 34.9 Å². The van der Waals surface area contributed by atoms with Crippen LogP contribution in [0.3, 0.4) is 0 Å². The number of carboxylic acids is 1. The summed E-state index contributed by atoms with van der Waals surface area (Å²) < 4.78 is 0. The van der Waals surface area contributed by atoms with Crippen molar-refractivity contribution in [2.45, 2.75) is 24.8 Å². The number of rotatable bonds is 7. The Kier molecular flexibility index (Phi) is 5.75. The molecule has 1 aromatic rings. The molecule has 25 heavy (non-hydrogen) atoms. The highest BCUT2D eigenvalue weighted by Crippen LogP contribution is 2.41. The van der Waals surface area contributed by atoms with E-state index >= 15 is 0 Å². The largest absolute Gasteiger partial charge is 0.477 e. The maximum Gasteiger partial charge on any atom is 0.352 e. The van der Waals surface area contributed by atoms with E-state index in [2.05, 4.69) is 5.32 Å². The number of carbonyl (C=O) groups is 3. The van der Waals surface area contributed by atoms with Gasteiger partial charge >= 0.3 is 5.97 Å². The summed E-state index contributed by atoms with van der Waals surface area (Å²) in [7, 11) is 0. The Hall–Kier alpha value is -1.45. The van der Waals surface area contributed by atoms with Crippen LogP contribution in [-0.2, 0) is 20.8 Å². The van der Waals surface area contributed by atoms with Gasteiger partial charge in [-0.15, -0.1) is 23.1 Å². The number of amides is 2. The van der Waals surface area contributed by atoms with Crippen LogP contribution in [0.2, 0.25) is 0 Å². The number of thiophene rings is 1. The van der Waals surface area contributed by atoms with Crippen molar-refractivity contribution in [1.82, 2.24) is 10.2 Å². The van der Waals surface area contributed by atoms with Gasteiger partial charge in [0.25, 0.3) is 5.91 Å². The Morgan fingerprint density at radius 1 is 1.48 bits per heavy atom. The summed E-state index contributed by atoms with van der Waals surface area (Å²) in [4.78, 5) is 38.5. The molecule has 3 heterocycles. The van der Waals surface area contributed by atoms with Gasteiger partial charge in [0.1, 0.15) is 17.1 Å². The van der Waals surface area contributed by atoms with Gasteiger partial charge in [0.05, 0.1) is 6.42 Å². The second-order valence-electron chi connectivity index (χ2n) is 5.61. The van der Waals surface area contributed by atoms with E-state index < -0.39 is 12.0 Å². The molecule has 0 aliphatic carbocycles. The minimum Gasteiger partial charge on any atom is -0.477 e. The number of nitrogens with one attached hydrogen (secondary N) is 1. The average Bonchev–Trinajstić information content (AvgIpc) is 3.09. The highest BCUT2D eigenvalue weighted by Gasteiger charge is 2.54. The number of aliphatic carboxylic acids is 1. The summed E-state index contributed by atoms with van der Waals surface area (Å²) in [6.07, 6.45) is 0.235. The van der Waals surface area contributed by atoms with Crippen molar-refractivity contribution in [2.75, 3.05) is 17.3 Å². The lowest BCUT2D eigenvalue weighted by atomic mass is 10.0. The van der Waals surface area contributed by atoms with Crippen LogP contribution in [0.5, 0.6) is 0 Å². The van der Waals surface area contributed by atoms with Crippen molar-refractivity contribution in [2.24, 2.45) is 0 Å². The predicted molar refractivity (Wildman–Crippen MR) is 101 cm³/mol. The molecule has 0 bridgehead atoms. The lowest BCUT2D eigenvalue weighted by Crippen LogP contribution is -2.70. The molecular formula is C16H18N2O4S3. The zero-order valence-electron chi connectivity index (χ0n) is 13.6. The lowest BCUT2D eigenvalue weighted by Gasteiger charge is -2.49. The first-order valence-corrected chi connectivity index (χ1v) is 10.9. The van der Waals surface area contributed by atoms with Crippen molar-refractivity contribution in [3.63, 3.8) is 0 Å². The van der Waals surface area contributed by atoms with E-state index in [-0.39, 0.29) is 29.3 Å². The number of fused-ring (bicyclic) bond motifs is 1. The molecule has 0 unspecified atom stereocenters. The molecule has 3 rings (SSSR count). The lowest BCUT2D eigenvalue weighted by molar-refractivity contribution is -0.150. The van der Waals surface area contributed by atoms with Crippen LogP contribution < -0.4 is 5.32 Å². The molecule has 134 valence electrons. The Bertz CT molecular complexity index is 717. The molecular weight excluding hydrogens is 380 g/mol. The minimum atomic E-state index is -1.08. The molecule has 2 amide bonds. The van der Waals surface area contributed by atoms with Gasteiger partial charge in [-0.05, 0) is 22.8 Å². The van der Waals surface area contributed by atoms with E-state index in [4.69, 9.17) is 0 Å². The SMILES string of the molecule is CCSCC1=C(C(=O)O)N2C(=O)[C@@H](NC(=O)Cc3cccs3)[C@H]2SC1. The smallest absolute Gasteiger partial charge is 0.352 e. The van der Waals surface area contributed by atoms with Crippen LogP contribution in [0.4, 0.5) is 0 Å². The minimum absolute atomic E-state index is 0.0958. The fraction of sp³-hybridized carbons (Fsp3) is 0.438. The molecule has 2 atom stereocenters. The van der Waals surface area contributed by atoms with Crippen molar-refractivity contribution < 1.29 is 19.5 Å². The monoisotopic (exact) mass is 398 g/mol. The fourth-order valence-electron chi connectivity index (χ4n) is 2.82. The van der Waals surface area contributed by atoms with E-state index in [0.29, 0.717) is 11.5 Å². The zero-order valence-corrected chi connectivity index (χ0v) is 16.0. The standard InChI is InChI=1S/C16H18N2O4S3/c1-2-23-7-9-8-25-15-12(14(20)18(15)13(9)16(21)22)17-11(19)6-10-4-3-5-24-10/h3-5,12,15H,2,6-8H2,1H3,(H,17,19)(H,21,22)/t12-,15-/m1/s1. The molecule has 0 aromatic carbocycles. The van der Waals surface area contributed by atoms with E-state index in [1.807, 2.05) is 24.4 Å². The van der Waals surface area contributed by atoms with Crippen molar-refractivity contribution in [3.8, 4) is 0 Å². The molecule has 6 nitrogen and oxygen atoms in total. The van der Waals surface area contributed by atoms with E-state index in [1.165, 1.54) is 28.0 Å². The third-order valence-electron chi connectivity index (χ3n) is 3.96. The third kappa shape index (κ3) is 3.73. The van der Waals surface area contributed by atoms with Crippen LogP contribution in [0.1, 0.15) is 11.8 Å². The molecule has 1 fully saturated rings. The first-order chi connectivity index (χ1) is 12.0. The van der Waals surface area contributed by atoms with Crippen molar-refractivity contribution in [3.05, 3.63) is 33.7 Å². The summed E-state index contributed by atoms with van der Waals surface area (Å²) in [5, 5.41) is 13.9. The van der Waals surface area contributed by atoms with Crippen LogP contribution in [0, 0.1) is 0 Å². The number of thioether (sulfide) groups is 2. The maximum absolute atomic E-state index is 12.5. The number of hydrogen-bond acceptors (Lipinski definition) is 6. The first kappa shape index (κ1) is 18.3. The summed E-state index contributed by atoms with van der Waals surface area (Å²) in [6, 6.07) is 3.10. The van der Waals surface area contributed by atoms with Crippen LogP contribution in [0.25, 0.3) is 0 Å². The second-order valence-corrected chi connectivity index (χ2v) is 9.02. The normalized spacial score (nSPS) is 22.4. The van der Waals surface area contributed by atoms with Crippen LogP contribution in [-0.4, -0.2) is 56.5 Å². The maximum atomic E-state index is 12.5. The first-order valence-electron chi connectivity index (χ1n) is 7.82. The van der Waals surface area contributed by atoms with E-state index in [0.717, 1.165) is 16.2 Å². The van der Waals surface area contributed by atoms with Gasteiger partial charge < -0.3 is 10.4 Å². The number of carboxylic acid groups (broad SMARTS) is 1. The molecule has 2 aliphatic rings. The van der Waals surface area contributed by atoms with Gasteiger partial charge in [0, 0.05) is 16.4 Å². The fourth-order valence-corrected chi connectivity index (χ4v) is 5.68. The molecule has 0 saturated carbocycles. The molecule has 9 heteroatoms. The van der Waals surface area contributed by atoms with E-state index in [1.54, 1.807) is 11.8 Å². The number of nitrogens with zero attached hydrogens (tertiary/aromatic N) is 1. The predicted octanol–water partition coefficient (Wildman–Crippen LogP) is 1.78. The molecule has 1 saturated heterocycles. The third-order valence-corrected chi connectivity index (χ3v) is 7.14. The van der Waals surface area contributed by atoms with E-state index in [9.17, 15) is 19.5 Å². The summed E-state index contributed by atoms with van der Waals surface area (Å²) in [5.74, 6) is 0.438. The quantitative estimate of drug-likeness (QED) is 0.681. The van der Waals surface area contributed by atoms with Gasteiger partial charge in [-0.25, -0.2) is 4.79 Å². The molecule has 2 aliphatic heterocycles. The summed E-state index contributed by atoms with van der Waals surface area (Å²) in [5.41, 5.74) is 0.871. The van der Waals surface area contributed by atoms with Gasteiger partial charge in [-0.1, -0.05) is 13.0 Å². The van der Waals surface area contributed by atoms with Gasteiger partial charge in [-0.2, -0.15) is 11.8 Å². The Morgan fingerprint density at radius 2 is 2.28 bits per heavy atom. The number of β-lactam (4-membered cyclic amide) rings is 1. The van der Waals surface area contributed by atoms with Crippen LogP contribution in [0.15, 0.2) is 28.8 Å². The average molecular weight is 399 g/mol. The zero-order chi connectivity index (χ0) is 18.0. The number of hydrogen-bond donors (Lipinski definition) is 2. The highest BCUT2D eigenvalue weighted by molar-refractivity contribution is 8.01.